The number of rotatable bonds is 6. The molecule has 6 heteroatoms. The van der Waals surface area contributed by atoms with Gasteiger partial charge in [0.25, 0.3) is 0 Å². The number of allylic oxidation sites excluding steroid dienone is 1. The fourth-order valence-electron chi connectivity index (χ4n) is 2.17. The van der Waals surface area contributed by atoms with Gasteiger partial charge in [-0.1, -0.05) is 59.6 Å². The van der Waals surface area contributed by atoms with Gasteiger partial charge in [0.1, 0.15) is 10.2 Å². The highest BCUT2D eigenvalue weighted by atomic mass is 35.5. The molecule has 126 valence electrons. The number of anilines is 2. The van der Waals surface area contributed by atoms with Crippen LogP contribution < -0.4 is 10.6 Å². The number of carbonyl (C=O) groups is 1. The number of benzene rings is 2. The van der Waals surface area contributed by atoms with Crippen LogP contribution in [0.2, 0.25) is 8.67 Å². The maximum atomic E-state index is 12.6. The Morgan fingerprint density at radius 3 is 1.84 bits per heavy atom. The molecule has 0 bridgehead atoms. The van der Waals surface area contributed by atoms with Gasteiger partial charge >= 0.3 is 0 Å². The molecule has 2 N–H and O–H groups in total. The molecule has 0 atom stereocenters. The summed E-state index contributed by atoms with van der Waals surface area (Å²) in [5.41, 5.74) is 2.11. The lowest BCUT2D eigenvalue weighted by Crippen LogP contribution is -2.12. The Bertz CT molecular complexity index is 849. The van der Waals surface area contributed by atoms with E-state index in [2.05, 4.69) is 10.6 Å². The summed E-state index contributed by atoms with van der Waals surface area (Å²) in [6.07, 6.45) is 1.48. The van der Waals surface area contributed by atoms with Gasteiger partial charge in [-0.25, -0.2) is 0 Å². The first-order chi connectivity index (χ1) is 12.1. The summed E-state index contributed by atoms with van der Waals surface area (Å²) in [6, 6.07) is 20.8. The van der Waals surface area contributed by atoms with Crippen molar-refractivity contribution in [2.75, 3.05) is 10.6 Å². The van der Waals surface area contributed by atoms with Gasteiger partial charge in [0.2, 0.25) is 0 Å². The maximum Gasteiger partial charge on any atom is 0.191 e. The average Bonchev–Trinajstić information content (AvgIpc) is 2.95. The summed E-state index contributed by atoms with van der Waals surface area (Å²) in [4.78, 5) is 12.6. The Balaban J connectivity index is 1.89. The van der Waals surface area contributed by atoms with Crippen LogP contribution in [0.5, 0.6) is 0 Å². The van der Waals surface area contributed by atoms with E-state index in [1.165, 1.54) is 17.4 Å². The van der Waals surface area contributed by atoms with Gasteiger partial charge < -0.3 is 10.6 Å². The summed E-state index contributed by atoms with van der Waals surface area (Å²) in [6.45, 7) is 0. The Hall–Kier alpha value is -2.27. The minimum Gasteiger partial charge on any atom is -0.342 e. The van der Waals surface area contributed by atoms with Crippen LogP contribution in [-0.2, 0) is 0 Å². The van der Waals surface area contributed by atoms with E-state index >= 15 is 0 Å². The predicted octanol–water partition coefficient (Wildman–Crippen LogP) is 6.30. The van der Waals surface area contributed by atoms with Gasteiger partial charge in [0, 0.05) is 17.5 Å². The Morgan fingerprint density at radius 1 is 0.880 bits per heavy atom. The van der Waals surface area contributed by atoms with Crippen molar-refractivity contribution in [3.8, 4) is 0 Å². The molecular weight excluding hydrogens is 375 g/mol. The highest BCUT2D eigenvalue weighted by Gasteiger charge is 2.13. The Kier molecular flexibility index (Phi) is 5.76. The van der Waals surface area contributed by atoms with Crippen molar-refractivity contribution in [1.82, 2.24) is 0 Å². The highest BCUT2D eigenvalue weighted by molar-refractivity contribution is 7.20. The van der Waals surface area contributed by atoms with Gasteiger partial charge in [-0.05, 0) is 30.3 Å². The first-order valence-electron chi connectivity index (χ1n) is 7.47. The van der Waals surface area contributed by atoms with Crippen LogP contribution in [0, 0.1) is 0 Å². The maximum absolute atomic E-state index is 12.6. The molecule has 0 aliphatic carbocycles. The molecule has 25 heavy (non-hydrogen) atoms. The molecule has 3 rings (SSSR count). The zero-order valence-electron chi connectivity index (χ0n) is 13.0. The summed E-state index contributed by atoms with van der Waals surface area (Å²) >= 11 is 13.2. The van der Waals surface area contributed by atoms with Crippen molar-refractivity contribution < 1.29 is 4.79 Å². The van der Waals surface area contributed by atoms with Crippen LogP contribution in [0.25, 0.3) is 0 Å². The zero-order chi connectivity index (χ0) is 17.6. The third-order valence-corrected chi connectivity index (χ3v) is 4.79. The van der Waals surface area contributed by atoms with E-state index in [4.69, 9.17) is 23.2 Å². The van der Waals surface area contributed by atoms with Crippen LogP contribution in [0.15, 0.2) is 78.6 Å². The number of ketones is 1. The van der Waals surface area contributed by atoms with Crippen LogP contribution >= 0.6 is 34.5 Å². The van der Waals surface area contributed by atoms with Gasteiger partial charge in [-0.3, -0.25) is 4.79 Å². The van der Waals surface area contributed by atoms with E-state index < -0.39 is 0 Å². The second kappa shape index (κ2) is 8.21. The Morgan fingerprint density at radius 2 is 1.40 bits per heavy atom. The molecule has 1 aromatic heterocycles. The lowest BCUT2D eigenvalue weighted by molar-refractivity contribution is 0.104. The van der Waals surface area contributed by atoms with E-state index in [-0.39, 0.29) is 5.78 Å². The normalized spacial score (nSPS) is 10.2. The standard InChI is InChI=1S/C19H14Cl2N2OS/c20-17-11-15(19(21)25-17)16(24)12-18(22-13-7-3-1-4-8-13)23-14-9-5-2-6-10-14/h1-12,22-23H. The van der Waals surface area contributed by atoms with Gasteiger partial charge in [-0.15, -0.1) is 11.3 Å². The molecule has 0 saturated carbocycles. The molecule has 0 unspecified atom stereocenters. The van der Waals surface area contributed by atoms with Crippen molar-refractivity contribution in [1.29, 1.82) is 0 Å². The molecule has 2 aromatic carbocycles. The van der Waals surface area contributed by atoms with Gasteiger partial charge in [-0.2, -0.15) is 0 Å². The van der Waals surface area contributed by atoms with Crippen molar-refractivity contribution in [2.45, 2.75) is 0 Å². The number of hydrogen-bond acceptors (Lipinski definition) is 4. The summed E-state index contributed by atoms with van der Waals surface area (Å²) in [5.74, 6) is 0.316. The van der Waals surface area contributed by atoms with E-state index in [1.807, 2.05) is 60.7 Å². The number of nitrogens with one attached hydrogen (secondary N) is 2. The molecule has 3 aromatic rings. The van der Waals surface area contributed by atoms with Crippen LogP contribution in [0.1, 0.15) is 10.4 Å². The molecule has 0 amide bonds. The fourth-order valence-corrected chi connectivity index (χ4v) is 3.65. The summed E-state index contributed by atoms with van der Waals surface area (Å²) in [5, 5.41) is 6.42. The molecule has 3 nitrogen and oxygen atoms in total. The van der Waals surface area contributed by atoms with Crippen molar-refractivity contribution in [2.24, 2.45) is 0 Å². The number of para-hydroxylation sites is 2. The average molecular weight is 389 g/mol. The van der Waals surface area contributed by atoms with E-state index in [0.717, 1.165) is 11.4 Å². The van der Waals surface area contributed by atoms with E-state index in [0.29, 0.717) is 20.1 Å². The van der Waals surface area contributed by atoms with Crippen LogP contribution in [0.4, 0.5) is 11.4 Å². The minimum atomic E-state index is -0.227. The van der Waals surface area contributed by atoms with Crippen LogP contribution in [-0.4, -0.2) is 5.78 Å². The lowest BCUT2D eigenvalue weighted by Gasteiger charge is -2.13. The number of carbonyl (C=O) groups excluding carboxylic acids is 1. The van der Waals surface area contributed by atoms with Gasteiger partial charge in [0.05, 0.1) is 9.90 Å². The van der Waals surface area contributed by atoms with E-state index in [1.54, 1.807) is 6.07 Å². The molecule has 0 fully saturated rings. The predicted molar refractivity (Wildman–Crippen MR) is 107 cm³/mol. The summed E-state index contributed by atoms with van der Waals surface area (Å²) < 4.78 is 0.861. The molecule has 0 saturated heterocycles. The third-order valence-electron chi connectivity index (χ3n) is 3.30. The molecule has 0 spiro atoms. The number of hydrogen-bond donors (Lipinski definition) is 2. The molecule has 0 aliphatic rings. The second-order valence-corrected chi connectivity index (χ2v) is 7.43. The quantitative estimate of drug-likeness (QED) is 0.384. The highest BCUT2D eigenvalue weighted by Crippen LogP contribution is 2.31. The zero-order valence-corrected chi connectivity index (χ0v) is 15.3. The number of halogens is 2. The first-order valence-corrected chi connectivity index (χ1v) is 9.04. The molecule has 0 radical (unpaired) electrons. The molecular formula is C19H14Cl2N2OS. The number of thiophene rings is 1. The lowest BCUT2D eigenvalue weighted by atomic mass is 10.2. The smallest absolute Gasteiger partial charge is 0.191 e. The van der Waals surface area contributed by atoms with Crippen LogP contribution in [0.3, 0.4) is 0 Å². The minimum absolute atomic E-state index is 0.227. The topological polar surface area (TPSA) is 41.1 Å². The monoisotopic (exact) mass is 388 g/mol. The van der Waals surface area contributed by atoms with Crippen molar-refractivity contribution in [3.63, 3.8) is 0 Å². The van der Waals surface area contributed by atoms with Crippen molar-refractivity contribution >= 4 is 51.7 Å². The van der Waals surface area contributed by atoms with E-state index in [9.17, 15) is 4.79 Å². The fraction of sp³-hybridized carbons (Fsp3) is 0. The third kappa shape index (κ3) is 4.86. The Labute approximate surface area is 159 Å². The summed E-state index contributed by atoms with van der Waals surface area (Å²) in [7, 11) is 0. The SMILES string of the molecule is O=C(C=C(Nc1ccccc1)Nc1ccccc1)c1cc(Cl)sc1Cl. The molecule has 1 heterocycles. The largest absolute Gasteiger partial charge is 0.342 e. The second-order valence-electron chi connectivity index (χ2n) is 5.14. The first kappa shape index (κ1) is 17.5. The van der Waals surface area contributed by atoms with Gasteiger partial charge in [0.15, 0.2) is 5.78 Å². The molecule has 0 aliphatic heterocycles. The van der Waals surface area contributed by atoms with Crippen molar-refractivity contribution in [3.05, 3.63) is 92.9 Å².